The van der Waals surface area contributed by atoms with Crippen LogP contribution in [0.1, 0.15) is 18.5 Å². The predicted octanol–water partition coefficient (Wildman–Crippen LogP) is 0.986. The van der Waals surface area contributed by atoms with E-state index in [0.717, 1.165) is 38.0 Å². The van der Waals surface area contributed by atoms with Gasteiger partial charge in [-0.05, 0) is 31.5 Å². The van der Waals surface area contributed by atoms with E-state index in [1.807, 2.05) is 24.4 Å². The summed E-state index contributed by atoms with van der Waals surface area (Å²) in [5, 5.41) is 11.9. The number of aliphatic hydroxyl groups excluding tert-OH is 1. The minimum atomic E-state index is 0.294. The van der Waals surface area contributed by atoms with Gasteiger partial charge in [-0.15, -0.1) is 0 Å². The molecular weight excluding hydrogens is 176 g/mol. The largest absolute Gasteiger partial charge is 0.396 e. The van der Waals surface area contributed by atoms with Crippen LogP contribution < -0.4 is 5.32 Å². The van der Waals surface area contributed by atoms with E-state index in [-0.39, 0.29) is 0 Å². The van der Waals surface area contributed by atoms with Crippen molar-refractivity contribution in [3.8, 4) is 0 Å². The van der Waals surface area contributed by atoms with Gasteiger partial charge in [0, 0.05) is 31.5 Å². The molecule has 1 heterocycles. The van der Waals surface area contributed by atoms with E-state index < -0.39 is 0 Å². The molecular formula is C11H18N2O. The van der Waals surface area contributed by atoms with Crippen molar-refractivity contribution in [2.75, 3.05) is 19.7 Å². The molecule has 3 nitrogen and oxygen atoms in total. The maximum atomic E-state index is 8.56. The lowest BCUT2D eigenvalue weighted by atomic mass is 10.2. The molecule has 0 aromatic carbocycles. The zero-order valence-electron chi connectivity index (χ0n) is 8.45. The zero-order valence-corrected chi connectivity index (χ0v) is 8.45. The third kappa shape index (κ3) is 4.94. The molecule has 0 saturated heterocycles. The Bertz CT molecular complexity index is 226. The second-order valence-electron chi connectivity index (χ2n) is 3.25. The summed E-state index contributed by atoms with van der Waals surface area (Å²) >= 11 is 0. The first kappa shape index (κ1) is 11.1. The minimum Gasteiger partial charge on any atom is -0.396 e. The van der Waals surface area contributed by atoms with Crippen molar-refractivity contribution in [2.45, 2.75) is 19.3 Å². The second kappa shape index (κ2) is 7.47. The summed E-state index contributed by atoms with van der Waals surface area (Å²) in [6, 6.07) is 5.97. The molecule has 0 aliphatic carbocycles. The van der Waals surface area contributed by atoms with Crippen LogP contribution in [-0.4, -0.2) is 29.8 Å². The predicted molar refractivity (Wildman–Crippen MR) is 57.1 cm³/mol. The fourth-order valence-corrected chi connectivity index (χ4v) is 1.25. The van der Waals surface area contributed by atoms with Gasteiger partial charge in [-0.2, -0.15) is 0 Å². The first-order valence-electron chi connectivity index (χ1n) is 5.15. The van der Waals surface area contributed by atoms with Gasteiger partial charge >= 0.3 is 0 Å². The Balaban J connectivity index is 1.99. The molecule has 78 valence electrons. The first-order valence-corrected chi connectivity index (χ1v) is 5.15. The summed E-state index contributed by atoms with van der Waals surface area (Å²) in [6.07, 6.45) is 4.72. The van der Waals surface area contributed by atoms with E-state index in [1.54, 1.807) is 0 Å². The Morgan fingerprint density at radius 3 is 2.86 bits per heavy atom. The number of hydrogen-bond donors (Lipinski definition) is 2. The molecule has 0 unspecified atom stereocenters. The molecule has 1 aromatic heterocycles. The summed E-state index contributed by atoms with van der Waals surface area (Å²) < 4.78 is 0. The summed E-state index contributed by atoms with van der Waals surface area (Å²) in [5.74, 6) is 0. The second-order valence-corrected chi connectivity index (χ2v) is 3.25. The SMILES string of the molecule is OCCCCNCCc1ccccn1. The molecule has 14 heavy (non-hydrogen) atoms. The lowest BCUT2D eigenvalue weighted by Crippen LogP contribution is -2.19. The van der Waals surface area contributed by atoms with Crippen LogP contribution in [0.25, 0.3) is 0 Å². The molecule has 0 saturated carbocycles. The monoisotopic (exact) mass is 194 g/mol. The van der Waals surface area contributed by atoms with Crippen LogP contribution in [0.2, 0.25) is 0 Å². The number of hydrogen-bond acceptors (Lipinski definition) is 3. The maximum absolute atomic E-state index is 8.56. The Hall–Kier alpha value is -0.930. The molecule has 0 bridgehead atoms. The number of unbranched alkanes of at least 4 members (excludes halogenated alkanes) is 1. The highest BCUT2D eigenvalue weighted by molar-refractivity contribution is 5.03. The molecule has 0 amide bonds. The number of rotatable bonds is 7. The van der Waals surface area contributed by atoms with Crippen molar-refractivity contribution in [1.82, 2.24) is 10.3 Å². The lowest BCUT2D eigenvalue weighted by Gasteiger charge is -2.03. The van der Waals surface area contributed by atoms with E-state index in [4.69, 9.17) is 5.11 Å². The third-order valence-electron chi connectivity index (χ3n) is 2.05. The van der Waals surface area contributed by atoms with Gasteiger partial charge in [-0.3, -0.25) is 4.98 Å². The van der Waals surface area contributed by atoms with Gasteiger partial charge < -0.3 is 10.4 Å². The topological polar surface area (TPSA) is 45.1 Å². The number of pyridine rings is 1. The molecule has 1 rings (SSSR count). The van der Waals surface area contributed by atoms with Gasteiger partial charge in [-0.1, -0.05) is 6.07 Å². The van der Waals surface area contributed by atoms with Crippen LogP contribution in [-0.2, 0) is 6.42 Å². The van der Waals surface area contributed by atoms with Crippen LogP contribution in [0.3, 0.4) is 0 Å². The Morgan fingerprint density at radius 1 is 1.21 bits per heavy atom. The average Bonchev–Trinajstić information content (AvgIpc) is 2.25. The van der Waals surface area contributed by atoms with E-state index in [2.05, 4.69) is 10.3 Å². The van der Waals surface area contributed by atoms with Crippen LogP contribution in [0.4, 0.5) is 0 Å². The number of aliphatic hydroxyl groups is 1. The highest BCUT2D eigenvalue weighted by atomic mass is 16.2. The van der Waals surface area contributed by atoms with E-state index in [9.17, 15) is 0 Å². The van der Waals surface area contributed by atoms with Crippen LogP contribution in [0.15, 0.2) is 24.4 Å². The molecule has 0 radical (unpaired) electrons. The normalized spacial score (nSPS) is 10.4. The highest BCUT2D eigenvalue weighted by Gasteiger charge is 1.92. The van der Waals surface area contributed by atoms with Crippen molar-refractivity contribution in [3.05, 3.63) is 30.1 Å². The Labute approximate surface area is 85.2 Å². The molecule has 0 fully saturated rings. The van der Waals surface area contributed by atoms with Gasteiger partial charge in [0.2, 0.25) is 0 Å². The third-order valence-corrected chi connectivity index (χ3v) is 2.05. The molecule has 0 aliphatic heterocycles. The standard InChI is InChI=1S/C11H18N2O/c14-10-4-3-7-12-9-6-11-5-1-2-8-13-11/h1-2,5,8,12,14H,3-4,6-7,9-10H2. The van der Waals surface area contributed by atoms with E-state index >= 15 is 0 Å². The molecule has 0 atom stereocenters. The lowest BCUT2D eigenvalue weighted by molar-refractivity contribution is 0.284. The molecule has 0 spiro atoms. The van der Waals surface area contributed by atoms with E-state index in [1.165, 1.54) is 0 Å². The van der Waals surface area contributed by atoms with Crippen LogP contribution in [0.5, 0.6) is 0 Å². The zero-order chi connectivity index (χ0) is 10.1. The first-order chi connectivity index (χ1) is 6.93. The van der Waals surface area contributed by atoms with Crippen LogP contribution in [0, 0.1) is 0 Å². The molecule has 2 N–H and O–H groups in total. The highest BCUT2D eigenvalue weighted by Crippen LogP contribution is 1.93. The van der Waals surface area contributed by atoms with Gasteiger partial charge in [0.1, 0.15) is 0 Å². The Kier molecular flexibility index (Phi) is 5.95. The van der Waals surface area contributed by atoms with Gasteiger partial charge in [0.25, 0.3) is 0 Å². The fourth-order valence-electron chi connectivity index (χ4n) is 1.25. The smallest absolute Gasteiger partial charge is 0.0431 e. The Morgan fingerprint density at radius 2 is 2.14 bits per heavy atom. The molecule has 1 aromatic rings. The summed E-state index contributed by atoms with van der Waals surface area (Å²) in [5.41, 5.74) is 1.13. The van der Waals surface area contributed by atoms with Crippen molar-refractivity contribution >= 4 is 0 Å². The summed E-state index contributed by atoms with van der Waals surface area (Å²) in [6.45, 7) is 2.23. The van der Waals surface area contributed by atoms with Crippen molar-refractivity contribution in [2.24, 2.45) is 0 Å². The average molecular weight is 194 g/mol. The van der Waals surface area contributed by atoms with E-state index in [0.29, 0.717) is 6.61 Å². The summed E-state index contributed by atoms with van der Waals surface area (Å²) in [4.78, 5) is 4.23. The number of aromatic nitrogens is 1. The van der Waals surface area contributed by atoms with Gasteiger partial charge in [0.15, 0.2) is 0 Å². The van der Waals surface area contributed by atoms with Gasteiger partial charge in [-0.25, -0.2) is 0 Å². The maximum Gasteiger partial charge on any atom is 0.0431 e. The van der Waals surface area contributed by atoms with Crippen LogP contribution >= 0.6 is 0 Å². The van der Waals surface area contributed by atoms with Crippen molar-refractivity contribution in [1.29, 1.82) is 0 Å². The minimum absolute atomic E-state index is 0.294. The number of nitrogens with zero attached hydrogens (tertiary/aromatic N) is 1. The van der Waals surface area contributed by atoms with Crippen molar-refractivity contribution < 1.29 is 5.11 Å². The quantitative estimate of drug-likeness (QED) is 0.636. The molecule has 0 aliphatic rings. The van der Waals surface area contributed by atoms with Gasteiger partial charge in [0.05, 0.1) is 0 Å². The fraction of sp³-hybridized carbons (Fsp3) is 0.545. The molecule has 3 heteroatoms. The summed E-state index contributed by atoms with van der Waals surface area (Å²) in [7, 11) is 0. The number of nitrogens with one attached hydrogen (secondary N) is 1. The van der Waals surface area contributed by atoms with Crippen molar-refractivity contribution in [3.63, 3.8) is 0 Å².